The number of aryl methyl sites for hydroxylation is 1. The van der Waals surface area contributed by atoms with Crippen molar-refractivity contribution in [1.82, 2.24) is 0 Å². The van der Waals surface area contributed by atoms with E-state index >= 15 is 0 Å². The number of carbonyl (C=O) groups is 1. The van der Waals surface area contributed by atoms with Crippen LogP contribution in [0.1, 0.15) is 25.3 Å². The van der Waals surface area contributed by atoms with E-state index in [0.717, 1.165) is 5.56 Å². The van der Waals surface area contributed by atoms with Gasteiger partial charge in [0.1, 0.15) is 5.78 Å². The van der Waals surface area contributed by atoms with Crippen molar-refractivity contribution < 1.29 is 13.2 Å². The number of benzene rings is 1. The van der Waals surface area contributed by atoms with Crippen molar-refractivity contribution in [2.75, 3.05) is 5.75 Å². The largest absolute Gasteiger partial charge is 0.300 e. The number of ketones is 1. The zero-order valence-corrected chi connectivity index (χ0v) is 10.4. The van der Waals surface area contributed by atoms with Gasteiger partial charge in [-0.05, 0) is 38.0 Å². The Bertz CT molecular complexity index is 475. The summed E-state index contributed by atoms with van der Waals surface area (Å²) in [5.41, 5.74) is 0.924. The minimum atomic E-state index is -3.23. The maximum Gasteiger partial charge on any atom is 0.178 e. The second kappa shape index (κ2) is 5.25. The third kappa shape index (κ3) is 3.77. The molecule has 88 valence electrons. The van der Waals surface area contributed by atoms with Crippen molar-refractivity contribution in [3.8, 4) is 0 Å². The number of hydrogen-bond donors (Lipinski definition) is 0. The van der Waals surface area contributed by atoms with Crippen LogP contribution in [0.2, 0.25) is 0 Å². The fourth-order valence-corrected chi connectivity index (χ4v) is 2.85. The Morgan fingerprint density at radius 3 is 2.56 bits per heavy atom. The lowest BCUT2D eigenvalue weighted by molar-refractivity contribution is -0.117. The summed E-state index contributed by atoms with van der Waals surface area (Å²) in [6.45, 7) is 3.33. The number of rotatable bonds is 5. The molecule has 4 heteroatoms. The fourth-order valence-electron chi connectivity index (χ4n) is 1.44. The van der Waals surface area contributed by atoms with Crippen LogP contribution in [-0.4, -0.2) is 20.0 Å². The molecule has 3 nitrogen and oxygen atoms in total. The van der Waals surface area contributed by atoms with E-state index in [1.54, 1.807) is 18.2 Å². The molecule has 0 aliphatic rings. The van der Waals surface area contributed by atoms with Crippen LogP contribution in [0.4, 0.5) is 0 Å². The average Bonchev–Trinajstić information content (AvgIpc) is 2.16. The molecule has 0 bridgehead atoms. The minimum absolute atomic E-state index is 0.0273. The number of carbonyl (C=O) groups excluding carboxylic acids is 1. The molecule has 0 aromatic heterocycles. The molecule has 0 atom stereocenters. The summed E-state index contributed by atoms with van der Waals surface area (Å²) >= 11 is 0. The third-order valence-electron chi connectivity index (χ3n) is 2.29. The lowest BCUT2D eigenvalue weighted by Crippen LogP contribution is -2.08. The maximum atomic E-state index is 11.9. The number of Topliss-reactive ketones (excluding diaryl/α,β-unsaturated/α-hetero) is 1. The summed E-state index contributed by atoms with van der Waals surface area (Å²) in [6.07, 6.45) is 0.719. The fraction of sp³-hybridized carbons (Fsp3) is 0.417. The van der Waals surface area contributed by atoms with E-state index < -0.39 is 9.84 Å². The first-order valence-corrected chi connectivity index (χ1v) is 6.86. The highest BCUT2D eigenvalue weighted by Crippen LogP contribution is 2.14. The SMILES string of the molecule is CC(=O)CCCS(=O)(=O)c1cccc(C)c1. The van der Waals surface area contributed by atoms with Gasteiger partial charge in [-0.1, -0.05) is 12.1 Å². The average molecular weight is 240 g/mol. The first kappa shape index (κ1) is 12.9. The lowest BCUT2D eigenvalue weighted by atomic mass is 10.2. The van der Waals surface area contributed by atoms with Gasteiger partial charge in [-0.3, -0.25) is 0 Å². The molecule has 0 amide bonds. The van der Waals surface area contributed by atoms with E-state index in [2.05, 4.69) is 0 Å². The molecule has 0 spiro atoms. The highest BCUT2D eigenvalue weighted by Gasteiger charge is 2.14. The third-order valence-corrected chi connectivity index (χ3v) is 4.09. The van der Waals surface area contributed by atoms with Crippen molar-refractivity contribution >= 4 is 15.6 Å². The Kier molecular flexibility index (Phi) is 4.24. The molecule has 0 aliphatic carbocycles. The molecule has 16 heavy (non-hydrogen) atoms. The summed E-state index contributed by atoms with van der Waals surface area (Å²) in [4.78, 5) is 11.1. The van der Waals surface area contributed by atoms with Gasteiger partial charge in [0, 0.05) is 6.42 Å². The number of sulfone groups is 1. The summed E-state index contributed by atoms with van der Waals surface area (Å²) in [7, 11) is -3.23. The standard InChI is InChI=1S/C12H16O3S/c1-10-5-3-7-12(9-10)16(14,15)8-4-6-11(2)13/h3,5,7,9H,4,6,8H2,1-2H3. The Morgan fingerprint density at radius 2 is 2.00 bits per heavy atom. The predicted molar refractivity (Wildman–Crippen MR) is 63.1 cm³/mol. The summed E-state index contributed by atoms with van der Waals surface area (Å²) in [5, 5.41) is 0. The smallest absolute Gasteiger partial charge is 0.178 e. The van der Waals surface area contributed by atoms with Crippen molar-refractivity contribution in [3.05, 3.63) is 29.8 Å². The Morgan fingerprint density at radius 1 is 1.31 bits per heavy atom. The van der Waals surface area contributed by atoms with Gasteiger partial charge in [0.25, 0.3) is 0 Å². The maximum absolute atomic E-state index is 11.9. The lowest BCUT2D eigenvalue weighted by Gasteiger charge is -2.04. The molecule has 0 heterocycles. The van der Waals surface area contributed by atoms with Gasteiger partial charge in [0.05, 0.1) is 10.6 Å². The van der Waals surface area contributed by atoms with E-state index in [4.69, 9.17) is 0 Å². The van der Waals surface area contributed by atoms with Crippen LogP contribution in [0, 0.1) is 6.92 Å². The topological polar surface area (TPSA) is 51.2 Å². The molecular weight excluding hydrogens is 224 g/mol. The van der Waals surface area contributed by atoms with Crippen LogP contribution in [0.25, 0.3) is 0 Å². The van der Waals surface area contributed by atoms with Gasteiger partial charge in [-0.25, -0.2) is 8.42 Å². The molecule has 0 aliphatic heterocycles. The van der Waals surface area contributed by atoms with E-state index in [0.29, 0.717) is 17.7 Å². The quantitative estimate of drug-likeness (QED) is 0.792. The van der Waals surface area contributed by atoms with E-state index in [1.165, 1.54) is 6.92 Å². The van der Waals surface area contributed by atoms with Crippen molar-refractivity contribution in [2.24, 2.45) is 0 Å². The molecule has 1 aromatic carbocycles. The van der Waals surface area contributed by atoms with Gasteiger partial charge in [-0.15, -0.1) is 0 Å². The van der Waals surface area contributed by atoms with Crippen LogP contribution in [0.3, 0.4) is 0 Å². The Hall–Kier alpha value is -1.16. The molecule has 1 aromatic rings. The second-order valence-corrected chi connectivity index (χ2v) is 6.05. The van der Waals surface area contributed by atoms with Crippen molar-refractivity contribution in [3.63, 3.8) is 0 Å². The Labute approximate surface area is 96.4 Å². The van der Waals surface area contributed by atoms with E-state index in [9.17, 15) is 13.2 Å². The zero-order valence-electron chi connectivity index (χ0n) is 9.56. The summed E-state index contributed by atoms with van der Waals surface area (Å²) < 4.78 is 23.7. The van der Waals surface area contributed by atoms with Gasteiger partial charge < -0.3 is 4.79 Å². The van der Waals surface area contributed by atoms with Crippen molar-refractivity contribution in [1.29, 1.82) is 0 Å². The van der Waals surface area contributed by atoms with Crippen molar-refractivity contribution in [2.45, 2.75) is 31.6 Å². The first-order valence-electron chi connectivity index (χ1n) is 5.21. The van der Waals surface area contributed by atoms with Gasteiger partial charge in [0.2, 0.25) is 0 Å². The van der Waals surface area contributed by atoms with E-state index in [-0.39, 0.29) is 11.5 Å². The zero-order chi connectivity index (χ0) is 12.2. The molecule has 0 fully saturated rings. The van der Waals surface area contributed by atoms with Crippen LogP contribution < -0.4 is 0 Å². The summed E-state index contributed by atoms with van der Waals surface area (Å²) in [6, 6.07) is 6.83. The predicted octanol–water partition coefficient (Wildman–Crippen LogP) is 2.14. The Balaban J connectivity index is 2.74. The molecule has 0 unspecified atom stereocenters. The van der Waals surface area contributed by atoms with Crippen LogP contribution in [0.15, 0.2) is 29.2 Å². The molecule has 0 N–H and O–H groups in total. The molecule has 1 rings (SSSR count). The highest BCUT2D eigenvalue weighted by molar-refractivity contribution is 7.91. The molecule has 0 saturated carbocycles. The molecule has 0 saturated heterocycles. The second-order valence-electron chi connectivity index (χ2n) is 3.94. The molecule has 0 radical (unpaired) electrons. The minimum Gasteiger partial charge on any atom is -0.300 e. The van der Waals surface area contributed by atoms with Gasteiger partial charge in [-0.2, -0.15) is 0 Å². The highest BCUT2D eigenvalue weighted by atomic mass is 32.2. The van der Waals surface area contributed by atoms with Crippen LogP contribution in [0.5, 0.6) is 0 Å². The van der Waals surface area contributed by atoms with Gasteiger partial charge >= 0.3 is 0 Å². The first-order chi connectivity index (χ1) is 7.42. The van der Waals surface area contributed by atoms with Gasteiger partial charge in [0.15, 0.2) is 9.84 Å². The van der Waals surface area contributed by atoms with Crippen LogP contribution in [-0.2, 0) is 14.6 Å². The summed E-state index contributed by atoms with van der Waals surface area (Å²) in [5.74, 6) is 0.0650. The van der Waals surface area contributed by atoms with E-state index in [1.807, 2.05) is 13.0 Å². The normalized spacial score (nSPS) is 11.4. The molecular formula is C12H16O3S. The monoisotopic (exact) mass is 240 g/mol. The van der Waals surface area contributed by atoms with Crippen LogP contribution >= 0.6 is 0 Å². The number of hydrogen-bond acceptors (Lipinski definition) is 3.